The average molecular weight is 272 g/mol. The molecule has 0 atom stereocenters. The minimum absolute atomic E-state index is 0.411. The van der Waals surface area contributed by atoms with E-state index >= 15 is 0 Å². The van der Waals surface area contributed by atoms with Gasteiger partial charge >= 0.3 is 0 Å². The first-order valence-electron chi connectivity index (χ1n) is 7.15. The number of hydrogen-bond donors (Lipinski definition) is 1. The molecule has 5 heteroatoms. The Labute approximate surface area is 118 Å². The third-order valence-electron chi connectivity index (χ3n) is 3.74. The lowest BCUT2D eigenvalue weighted by molar-refractivity contribution is 0.210. The van der Waals surface area contributed by atoms with E-state index in [1.165, 1.54) is 25.7 Å². The second kappa shape index (κ2) is 5.94. The Kier molecular flexibility index (Phi) is 3.85. The summed E-state index contributed by atoms with van der Waals surface area (Å²) in [7, 11) is 1.89. The molecular weight excluding hydrogens is 252 g/mol. The van der Waals surface area contributed by atoms with Gasteiger partial charge in [0.05, 0.1) is 24.5 Å². The van der Waals surface area contributed by atoms with Crippen molar-refractivity contribution in [1.82, 2.24) is 15.0 Å². The third-order valence-corrected chi connectivity index (χ3v) is 3.74. The molecule has 2 aromatic rings. The van der Waals surface area contributed by atoms with E-state index in [-0.39, 0.29) is 0 Å². The van der Waals surface area contributed by atoms with Crippen molar-refractivity contribution in [3.05, 3.63) is 36.2 Å². The summed E-state index contributed by atoms with van der Waals surface area (Å²) < 4.78 is 7.72. The van der Waals surface area contributed by atoms with Gasteiger partial charge in [-0.3, -0.25) is 4.68 Å². The van der Waals surface area contributed by atoms with Gasteiger partial charge in [-0.05, 0) is 49.9 Å². The van der Waals surface area contributed by atoms with E-state index in [0.29, 0.717) is 12.6 Å². The second-order valence-corrected chi connectivity index (χ2v) is 5.25. The molecule has 1 saturated carbocycles. The summed E-state index contributed by atoms with van der Waals surface area (Å²) in [5.74, 6) is 0.963. The van der Waals surface area contributed by atoms with Crippen LogP contribution in [0, 0.1) is 0 Å². The number of ether oxygens (including phenoxy) is 1. The number of benzene rings is 1. The molecule has 1 aliphatic rings. The zero-order chi connectivity index (χ0) is 13.8. The number of hydrogen-bond acceptors (Lipinski definition) is 4. The summed E-state index contributed by atoms with van der Waals surface area (Å²) in [6.45, 7) is 0.715. The van der Waals surface area contributed by atoms with E-state index in [1.54, 1.807) is 10.9 Å². The van der Waals surface area contributed by atoms with E-state index in [0.717, 1.165) is 17.1 Å². The maximum absolute atomic E-state index is 5.95. The van der Waals surface area contributed by atoms with E-state index in [2.05, 4.69) is 15.6 Å². The van der Waals surface area contributed by atoms with Gasteiger partial charge in [-0.15, -0.1) is 5.10 Å². The van der Waals surface area contributed by atoms with Gasteiger partial charge in [0.1, 0.15) is 5.75 Å². The van der Waals surface area contributed by atoms with Crippen molar-refractivity contribution in [2.75, 3.05) is 5.32 Å². The largest absolute Gasteiger partial charge is 0.490 e. The van der Waals surface area contributed by atoms with Crippen molar-refractivity contribution in [2.24, 2.45) is 7.05 Å². The van der Waals surface area contributed by atoms with Crippen LogP contribution in [0.4, 0.5) is 5.69 Å². The lowest BCUT2D eigenvalue weighted by Crippen LogP contribution is -2.10. The first-order valence-corrected chi connectivity index (χ1v) is 7.15. The minimum Gasteiger partial charge on any atom is -0.490 e. The summed E-state index contributed by atoms with van der Waals surface area (Å²) in [6.07, 6.45) is 7.15. The molecule has 1 fully saturated rings. The van der Waals surface area contributed by atoms with Crippen LogP contribution in [0.3, 0.4) is 0 Å². The zero-order valence-electron chi connectivity index (χ0n) is 11.7. The van der Waals surface area contributed by atoms with Gasteiger partial charge in [0.15, 0.2) is 0 Å². The molecule has 1 aromatic heterocycles. The molecule has 0 amide bonds. The van der Waals surface area contributed by atoms with E-state index in [4.69, 9.17) is 4.74 Å². The lowest BCUT2D eigenvalue weighted by atomic mass is 10.2. The van der Waals surface area contributed by atoms with Crippen molar-refractivity contribution < 1.29 is 4.74 Å². The molecule has 0 spiro atoms. The predicted octanol–water partition coefficient (Wildman–Crippen LogP) is 2.75. The Morgan fingerprint density at radius 3 is 2.65 bits per heavy atom. The first-order chi connectivity index (χ1) is 9.81. The molecule has 0 unspecified atom stereocenters. The number of nitrogens with one attached hydrogen (secondary N) is 1. The molecule has 0 aliphatic heterocycles. The van der Waals surface area contributed by atoms with Crippen LogP contribution in [0.5, 0.6) is 5.75 Å². The van der Waals surface area contributed by atoms with Crippen LogP contribution < -0.4 is 10.1 Å². The first kappa shape index (κ1) is 13.0. The molecular formula is C15H20N4O. The molecule has 0 radical (unpaired) electrons. The van der Waals surface area contributed by atoms with Gasteiger partial charge < -0.3 is 10.1 Å². The van der Waals surface area contributed by atoms with E-state index in [9.17, 15) is 0 Å². The Hall–Kier alpha value is -2.04. The monoisotopic (exact) mass is 272 g/mol. The van der Waals surface area contributed by atoms with Gasteiger partial charge in [0, 0.05) is 12.7 Å². The van der Waals surface area contributed by atoms with Gasteiger partial charge in [-0.2, -0.15) is 0 Å². The fourth-order valence-electron chi connectivity index (χ4n) is 2.51. The summed E-state index contributed by atoms with van der Waals surface area (Å²) >= 11 is 0. The summed E-state index contributed by atoms with van der Waals surface area (Å²) in [5, 5.41) is 11.1. The van der Waals surface area contributed by atoms with E-state index in [1.807, 2.05) is 31.3 Å². The zero-order valence-corrected chi connectivity index (χ0v) is 11.7. The lowest BCUT2D eigenvalue weighted by Gasteiger charge is -2.13. The Balaban J connectivity index is 1.54. The van der Waals surface area contributed by atoms with Gasteiger partial charge in [0.25, 0.3) is 0 Å². The van der Waals surface area contributed by atoms with Crippen LogP contribution in [0.1, 0.15) is 31.4 Å². The fraction of sp³-hybridized carbons (Fsp3) is 0.467. The van der Waals surface area contributed by atoms with Crippen LogP contribution in [-0.4, -0.2) is 21.1 Å². The molecule has 106 valence electrons. The maximum atomic E-state index is 5.95. The van der Waals surface area contributed by atoms with Crippen LogP contribution in [0.15, 0.2) is 30.5 Å². The molecule has 3 rings (SSSR count). The smallest absolute Gasteiger partial charge is 0.119 e. The van der Waals surface area contributed by atoms with Crippen molar-refractivity contribution in [1.29, 1.82) is 0 Å². The SMILES string of the molecule is Cn1nncc1CNc1ccc(OC2CCCC2)cc1. The minimum atomic E-state index is 0.411. The van der Waals surface area contributed by atoms with Crippen LogP contribution in [0.25, 0.3) is 0 Å². The molecule has 20 heavy (non-hydrogen) atoms. The molecule has 0 bridgehead atoms. The number of aromatic nitrogens is 3. The van der Waals surface area contributed by atoms with Gasteiger partial charge in [0.2, 0.25) is 0 Å². The Morgan fingerprint density at radius 1 is 1.25 bits per heavy atom. The number of anilines is 1. The highest BCUT2D eigenvalue weighted by Gasteiger charge is 2.16. The summed E-state index contributed by atoms with van der Waals surface area (Å²) in [5.41, 5.74) is 2.13. The fourth-order valence-corrected chi connectivity index (χ4v) is 2.51. The van der Waals surface area contributed by atoms with Crippen LogP contribution in [-0.2, 0) is 13.6 Å². The molecule has 5 nitrogen and oxygen atoms in total. The van der Waals surface area contributed by atoms with Gasteiger partial charge in [-0.25, -0.2) is 0 Å². The summed E-state index contributed by atoms with van der Waals surface area (Å²) in [4.78, 5) is 0. The highest BCUT2D eigenvalue weighted by Crippen LogP contribution is 2.25. The molecule has 1 heterocycles. The number of aryl methyl sites for hydroxylation is 1. The van der Waals surface area contributed by atoms with Crippen LogP contribution >= 0.6 is 0 Å². The number of nitrogens with zero attached hydrogens (tertiary/aromatic N) is 3. The Bertz CT molecular complexity index is 543. The molecule has 1 N–H and O–H groups in total. The van der Waals surface area contributed by atoms with Crippen molar-refractivity contribution in [3.8, 4) is 5.75 Å². The van der Waals surface area contributed by atoms with Crippen molar-refractivity contribution in [2.45, 2.75) is 38.3 Å². The average Bonchev–Trinajstić information content (AvgIpc) is 3.10. The van der Waals surface area contributed by atoms with Gasteiger partial charge in [-0.1, -0.05) is 5.21 Å². The van der Waals surface area contributed by atoms with Crippen LogP contribution in [0.2, 0.25) is 0 Å². The third kappa shape index (κ3) is 3.10. The number of rotatable bonds is 5. The molecule has 0 saturated heterocycles. The molecule has 1 aromatic carbocycles. The van der Waals surface area contributed by atoms with E-state index < -0.39 is 0 Å². The highest BCUT2D eigenvalue weighted by atomic mass is 16.5. The van der Waals surface area contributed by atoms with Crippen molar-refractivity contribution >= 4 is 5.69 Å². The van der Waals surface area contributed by atoms with Crippen molar-refractivity contribution in [3.63, 3.8) is 0 Å². The quantitative estimate of drug-likeness (QED) is 0.909. The topological polar surface area (TPSA) is 52.0 Å². The Morgan fingerprint density at radius 2 is 2.00 bits per heavy atom. The maximum Gasteiger partial charge on any atom is 0.119 e. The summed E-state index contributed by atoms with van der Waals surface area (Å²) in [6, 6.07) is 8.16. The highest BCUT2D eigenvalue weighted by molar-refractivity contribution is 5.46. The predicted molar refractivity (Wildman–Crippen MR) is 77.7 cm³/mol. The standard InChI is InChI=1S/C15H20N4O/c1-19-13(11-17-18-19)10-16-12-6-8-15(9-7-12)20-14-4-2-3-5-14/h6-9,11,14,16H,2-5,10H2,1H3. The molecule has 1 aliphatic carbocycles. The normalized spacial score (nSPS) is 15.4. The second-order valence-electron chi connectivity index (χ2n) is 5.25.